The van der Waals surface area contributed by atoms with E-state index in [2.05, 4.69) is 170 Å². The van der Waals surface area contributed by atoms with Gasteiger partial charge in [0.25, 0.3) is 0 Å². The fourth-order valence-electron chi connectivity index (χ4n) is 9.09. The molecule has 12 rings (SSSR count). The van der Waals surface area contributed by atoms with Crippen LogP contribution in [0.1, 0.15) is 0 Å². The molecule has 54 heavy (non-hydrogen) atoms. The van der Waals surface area contributed by atoms with Crippen molar-refractivity contribution in [1.29, 1.82) is 0 Å². The number of benzene rings is 10. The van der Waals surface area contributed by atoms with E-state index in [0.29, 0.717) is 0 Å². The van der Waals surface area contributed by atoms with Crippen molar-refractivity contribution >= 4 is 87.0 Å². The molecule has 2 heteroatoms. The van der Waals surface area contributed by atoms with Gasteiger partial charge in [-0.1, -0.05) is 152 Å². The van der Waals surface area contributed by atoms with Gasteiger partial charge in [-0.2, -0.15) is 0 Å². The Kier molecular flexibility index (Phi) is 6.09. The Bertz CT molecular complexity index is 3280. The van der Waals surface area contributed by atoms with E-state index in [9.17, 15) is 0 Å². The third-order valence-corrected chi connectivity index (χ3v) is 11.5. The molecule has 0 amide bonds. The highest BCUT2D eigenvalue weighted by molar-refractivity contribution is 6.25. The minimum Gasteiger partial charge on any atom is -0.455 e. The molecule has 0 atom stereocenters. The van der Waals surface area contributed by atoms with E-state index < -0.39 is 0 Å². The molecule has 0 unspecified atom stereocenters. The van der Waals surface area contributed by atoms with Crippen LogP contribution in [-0.2, 0) is 0 Å². The second-order valence-corrected chi connectivity index (χ2v) is 14.3. The summed E-state index contributed by atoms with van der Waals surface area (Å²) in [6.45, 7) is 0. The fraction of sp³-hybridized carbons (Fsp3) is 0. The van der Waals surface area contributed by atoms with Crippen LogP contribution in [0.25, 0.3) is 120 Å². The lowest BCUT2D eigenvalue weighted by Gasteiger charge is -2.19. The first-order valence-corrected chi connectivity index (χ1v) is 18.5. The molecule has 12 aromatic rings. The second-order valence-electron chi connectivity index (χ2n) is 14.3. The number of hydrogen-bond donors (Lipinski definition) is 0. The molecule has 250 valence electrons. The number of para-hydroxylation sites is 2. The Morgan fingerprint density at radius 1 is 0.241 bits per heavy atom. The molecule has 0 N–H and O–H groups in total. The lowest BCUT2D eigenvalue weighted by atomic mass is 9.84. The first kappa shape index (κ1) is 29.4. The maximum Gasteiger partial charge on any atom is 0.143 e. The molecule has 0 radical (unpaired) electrons. The summed E-state index contributed by atoms with van der Waals surface area (Å²) in [7, 11) is 0. The molecular weight excluding hydrogens is 657 g/mol. The van der Waals surface area contributed by atoms with E-state index in [0.717, 1.165) is 54.6 Å². The van der Waals surface area contributed by atoms with Crippen LogP contribution in [0.3, 0.4) is 0 Å². The molecule has 0 aliphatic heterocycles. The number of fused-ring (bicyclic) bond motifs is 12. The largest absolute Gasteiger partial charge is 0.455 e. The smallest absolute Gasteiger partial charge is 0.143 e. The predicted molar refractivity (Wildman–Crippen MR) is 227 cm³/mol. The Labute approximate surface area is 310 Å². The van der Waals surface area contributed by atoms with Gasteiger partial charge in [0.15, 0.2) is 0 Å². The summed E-state index contributed by atoms with van der Waals surface area (Å²) < 4.78 is 13.0. The molecule has 0 aliphatic rings. The van der Waals surface area contributed by atoms with Crippen molar-refractivity contribution in [2.24, 2.45) is 0 Å². The highest BCUT2D eigenvalue weighted by atomic mass is 16.3. The van der Waals surface area contributed by atoms with E-state index in [1.807, 2.05) is 12.1 Å². The van der Waals surface area contributed by atoms with Gasteiger partial charge in [-0.25, -0.2) is 0 Å². The molecule has 10 aromatic carbocycles. The molecular formula is C52H30O2. The average Bonchev–Trinajstić information content (AvgIpc) is 3.81. The van der Waals surface area contributed by atoms with E-state index in [-0.39, 0.29) is 0 Å². The van der Waals surface area contributed by atoms with Crippen LogP contribution in [0.15, 0.2) is 191 Å². The third kappa shape index (κ3) is 4.11. The van der Waals surface area contributed by atoms with E-state index in [1.165, 1.54) is 65.7 Å². The van der Waals surface area contributed by atoms with E-state index in [1.54, 1.807) is 0 Å². The van der Waals surface area contributed by atoms with Gasteiger partial charge in [-0.05, 0) is 96.0 Å². The van der Waals surface area contributed by atoms with Crippen molar-refractivity contribution in [3.8, 4) is 33.4 Å². The van der Waals surface area contributed by atoms with E-state index in [4.69, 9.17) is 8.83 Å². The summed E-state index contributed by atoms with van der Waals surface area (Å²) >= 11 is 0. The van der Waals surface area contributed by atoms with Crippen LogP contribution in [0.2, 0.25) is 0 Å². The summed E-state index contributed by atoms with van der Waals surface area (Å²) in [6.07, 6.45) is 0. The minimum atomic E-state index is 0.907. The summed E-state index contributed by atoms with van der Waals surface area (Å²) in [5.41, 5.74) is 10.9. The second kappa shape index (κ2) is 11.2. The van der Waals surface area contributed by atoms with Crippen molar-refractivity contribution in [3.05, 3.63) is 182 Å². The normalized spacial score (nSPS) is 12.1. The number of furan rings is 2. The number of hydrogen-bond acceptors (Lipinski definition) is 2. The van der Waals surface area contributed by atoms with Crippen molar-refractivity contribution in [2.75, 3.05) is 0 Å². The van der Waals surface area contributed by atoms with Crippen LogP contribution in [0.5, 0.6) is 0 Å². The quantitative estimate of drug-likeness (QED) is 0.173. The summed E-state index contributed by atoms with van der Waals surface area (Å²) in [5, 5.41) is 14.0. The maximum absolute atomic E-state index is 6.52. The Morgan fingerprint density at radius 3 is 1.15 bits per heavy atom. The first-order valence-electron chi connectivity index (χ1n) is 18.5. The predicted octanol–water partition coefficient (Wildman–Crippen LogP) is 15.1. The van der Waals surface area contributed by atoms with Crippen LogP contribution < -0.4 is 0 Å². The van der Waals surface area contributed by atoms with Crippen molar-refractivity contribution in [3.63, 3.8) is 0 Å². The molecule has 0 saturated carbocycles. The minimum absolute atomic E-state index is 0.907. The van der Waals surface area contributed by atoms with Crippen molar-refractivity contribution in [2.45, 2.75) is 0 Å². The Hall–Kier alpha value is -7.16. The molecule has 2 aromatic heterocycles. The van der Waals surface area contributed by atoms with Crippen LogP contribution in [-0.4, -0.2) is 0 Å². The molecule has 0 saturated heterocycles. The van der Waals surface area contributed by atoms with Gasteiger partial charge in [0.05, 0.1) is 0 Å². The highest BCUT2D eigenvalue weighted by Gasteiger charge is 2.21. The molecule has 0 bridgehead atoms. The van der Waals surface area contributed by atoms with Gasteiger partial charge in [-0.15, -0.1) is 0 Å². The molecule has 2 heterocycles. The lowest BCUT2D eigenvalue weighted by Crippen LogP contribution is -1.92. The topological polar surface area (TPSA) is 26.3 Å². The molecule has 0 aliphatic carbocycles. The van der Waals surface area contributed by atoms with Crippen LogP contribution in [0, 0.1) is 0 Å². The third-order valence-electron chi connectivity index (χ3n) is 11.5. The van der Waals surface area contributed by atoms with Gasteiger partial charge in [-0.3, -0.25) is 0 Å². The average molecular weight is 687 g/mol. The highest BCUT2D eigenvalue weighted by Crippen LogP contribution is 2.48. The van der Waals surface area contributed by atoms with Crippen LogP contribution >= 0.6 is 0 Å². The molecule has 0 fully saturated rings. The maximum atomic E-state index is 6.52. The van der Waals surface area contributed by atoms with Gasteiger partial charge in [0, 0.05) is 32.3 Å². The van der Waals surface area contributed by atoms with Crippen LogP contribution in [0.4, 0.5) is 0 Å². The summed E-state index contributed by atoms with van der Waals surface area (Å²) in [6, 6.07) is 65.7. The SMILES string of the molecule is c1ccc(-c2c3cccc(-c4cc5c6ccccc6oc5c5ccccc45)c3cc3c(-c4cc5c6ccccc6oc5c5ccccc45)cccc23)cc1. The standard InChI is InChI=1S/C52H30O2/c1-2-14-31(15-3-1)50-38-24-12-22-34(42-29-46-36-18-8-10-26-48(36)53-51(46)40-20-6-4-16-32(40)42)44(38)28-45-35(23-13-25-39(45)50)43-30-47-37-19-9-11-27-49(37)54-52(47)41-21-7-5-17-33(41)43/h1-30H. The lowest BCUT2D eigenvalue weighted by molar-refractivity contribution is 0.672. The number of rotatable bonds is 3. The van der Waals surface area contributed by atoms with Gasteiger partial charge in [0.2, 0.25) is 0 Å². The zero-order chi connectivity index (χ0) is 35.3. The Morgan fingerprint density at radius 2 is 0.648 bits per heavy atom. The first-order chi connectivity index (χ1) is 26.8. The zero-order valence-corrected chi connectivity index (χ0v) is 29.1. The summed E-state index contributed by atoms with van der Waals surface area (Å²) in [4.78, 5) is 0. The summed E-state index contributed by atoms with van der Waals surface area (Å²) in [5.74, 6) is 0. The van der Waals surface area contributed by atoms with Gasteiger partial charge in [0.1, 0.15) is 22.3 Å². The van der Waals surface area contributed by atoms with Crippen molar-refractivity contribution < 1.29 is 8.83 Å². The van der Waals surface area contributed by atoms with Gasteiger partial charge < -0.3 is 8.83 Å². The molecule has 0 spiro atoms. The van der Waals surface area contributed by atoms with Gasteiger partial charge >= 0.3 is 0 Å². The zero-order valence-electron chi connectivity index (χ0n) is 29.1. The fourth-order valence-corrected chi connectivity index (χ4v) is 9.09. The molecule has 2 nitrogen and oxygen atoms in total. The van der Waals surface area contributed by atoms with E-state index >= 15 is 0 Å². The van der Waals surface area contributed by atoms with Crippen molar-refractivity contribution in [1.82, 2.24) is 0 Å². The monoisotopic (exact) mass is 686 g/mol. The Balaban J connectivity index is 1.24.